The average Bonchev–Trinajstić information content (AvgIpc) is 4.08. The fraction of sp³-hybridized carbons (Fsp3) is 0.261. The standard InChI is InChI=1S/C23H21Br2FN6O3.C18H20BrFN4O.C5H2BrFN2O2/c1-4-19-22(25)31(12-28-19)11-14-10-30(3)29-21(14)17-6-5-16(26)8-18(17)13(2)35-20-7-15(24)9-27-23(20)32(33)34;1-4-16-18(19)24(10-21-16)9-12-8-23(3)22-17(12)14-6-5-13(20)7-15(14)11(2)25;6-3-1-4(7)5(8-2-3)9(10)11/h5-10,12-13H,4,11H2,1-3H3;5-8,10-11,25H,4,9H2,1-3H3;1-2H. The lowest BCUT2D eigenvalue weighted by molar-refractivity contribution is -0.392. The number of rotatable bonds is 14. The Bertz CT molecular complexity index is 3220. The molecule has 8 aromatic rings. The third-order valence-corrected chi connectivity index (χ3v) is 13.2. The minimum absolute atomic E-state index is 0.0252. The Labute approximate surface area is 437 Å². The summed E-state index contributed by atoms with van der Waals surface area (Å²) in [4.78, 5) is 35.9. The predicted octanol–water partition coefficient (Wildman–Crippen LogP) is 11.7. The van der Waals surface area contributed by atoms with Crippen molar-refractivity contribution in [3.8, 4) is 28.3 Å². The van der Waals surface area contributed by atoms with Crippen LogP contribution < -0.4 is 4.74 Å². The van der Waals surface area contributed by atoms with E-state index in [0.29, 0.717) is 44.4 Å². The van der Waals surface area contributed by atoms with Crippen molar-refractivity contribution >= 4 is 75.4 Å². The van der Waals surface area contributed by atoms with Gasteiger partial charge in [0.25, 0.3) is 0 Å². The number of pyridine rings is 2. The number of aliphatic hydroxyl groups is 1. The van der Waals surface area contributed by atoms with Gasteiger partial charge in [0.15, 0.2) is 12.4 Å². The molecule has 0 fully saturated rings. The van der Waals surface area contributed by atoms with Crippen molar-refractivity contribution in [3.05, 3.63) is 175 Å². The molecule has 0 saturated heterocycles. The maximum atomic E-state index is 14.4. The van der Waals surface area contributed by atoms with Gasteiger partial charge in [0.1, 0.15) is 26.9 Å². The molecule has 2 atom stereocenters. The van der Waals surface area contributed by atoms with Crippen LogP contribution in [0, 0.1) is 37.7 Å². The van der Waals surface area contributed by atoms with Crippen LogP contribution in [0.4, 0.5) is 24.8 Å². The van der Waals surface area contributed by atoms with Gasteiger partial charge in [-0.2, -0.15) is 14.6 Å². The number of nitrogens with zero attached hydrogens (tertiary/aromatic N) is 12. The number of halogens is 7. The normalized spacial score (nSPS) is 11.9. The van der Waals surface area contributed by atoms with Crippen molar-refractivity contribution in [2.75, 3.05) is 0 Å². The number of aromatic nitrogens is 10. The summed E-state index contributed by atoms with van der Waals surface area (Å²) < 4.78 is 56.6. The number of hydrogen-bond donors (Lipinski definition) is 1. The summed E-state index contributed by atoms with van der Waals surface area (Å²) in [6.45, 7) is 8.48. The highest BCUT2D eigenvalue weighted by Crippen LogP contribution is 2.37. The lowest BCUT2D eigenvalue weighted by Crippen LogP contribution is -2.09. The summed E-state index contributed by atoms with van der Waals surface area (Å²) >= 11 is 13.4. The van der Waals surface area contributed by atoms with Gasteiger partial charge in [-0.25, -0.2) is 18.7 Å². The molecule has 2 unspecified atom stereocenters. The molecule has 2 aromatic carbocycles. The van der Waals surface area contributed by atoms with Crippen LogP contribution in [-0.4, -0.2) is 63.6 Å². The number of nitro groups is 2. The SMILES string of the molecule is CCc1ncn(Cc2cn(C)nc2-c2ccc(F)cc2C(C)O)c1Br.CCc1ncn(Cc2cn(C)nc2-c2ccc(F)cc2C(C)Oc2cc(Br)cnc2[N+](=O)[O-])c1Br.O=[N+]([O-])c1ncc(Br)cc1F. The summed E-state index contributed by atoms with van der Waals surface area (Å²) in [7, 11) is 3.66. The van der Waals surface area contributed by atoms with Crippen molar-refractivity contribution in [1.29, 1.82) is 0 Å². The number of aryl methyl sites for hydroxylation is 4. The number of ether oxygens (including phenoxy) is 1. The molecule has 0 aliphatic rings. The first-order valence-corrected chi connectivity index (χ1v) is 24.5. The average molecular weight is 1240 g/mol. The monoisotopic (exact) mass is 1230 g/mol. The largest absolute Gasteiger partial charge is 0.478 e. The van der Waals surface area contributed by atoms with Gasteiger partial charge >= 0.3 is 11.6 Å². The molecule has 0 aliphatic carbocycles. The van der Waals surface area contributed by atoms with Crippen LogP contribution in [-0.2, 0) is 40.0 Å². The van der Waals surface area contributed by atoms with E-state index in [0.717, 1.165) is 61.9 Å². The molecule has 6 heterocycles. The minimum atomic E-state index is -0.940. The van der Waals surface area contributed by atoms with Crippen molar-refractivity contribution in [1.82, 2.24) is 48.6 Å². The second kappa shape index (κ2) is 23.8. The zero-order valence-corrected chi connectivity index (χ0v) is 44.9. The first-order chi connectivity index (χ1) is 33.7. The van der Waals surface area contributed by atoms with E-state index in [1.165, 1.54) is 42.7 Å². The third kappa shape index (κ3) is 13.2. The van der Waals surface area contributed by atoms with Gasteiger partial charge in [0.05, 0.1) is 63.6 Å². The van der Waals surface area contributed by atoms with Gasteiger partial charge in [0.2, 0.25) is 11.6 Å². The van der Waals surface area contributed by atoms with Crippen LogP contribution in [0.1, 0.15) is 73.5 Å². The minimum Gasteiger partial charge on any atom is -0.478 e. The third-order valence-electron chi connectivity index (χ3n) is 10.5. The van der Waals surface area contributed by atoms with Gasteiger partial charge in [-0.1, -0.05) is 13.8 Å². The van der Waals surface area contributed by atoms with Crippen LogP contribution in [0.5, 0.6) is 5.75 Å². The molecule has 6 aromatic heterocycles. The molecule has 25 heteroatoms. The second-order valence-corrected chi connectivity index (χ2v) is 19.0. The van der Waals surface area contributed by atoms with Gasteiger partial charge in [-0.3, -0.25) is 9.36 Å². The molecular weight excluding hydrogens is 1190 g/mol. The van der Waals surface area contributed by atoms with Crippen LogP contribution in [0.15, 0.2) is 104 Å². The van der Waals surface area contributed by atoms with E-state index in [4.69, 9.17) is 4.74 Å². The van der Waals surface area contributed by atoms with Gasteiger partial charge in [-0.15, -0.1) is 0 Å². The zero-order chi connectivity index (χ0) is 51.8. The Morgan fingerprint density at radius 3 is 1.56 bits per heavy atom. The molecule has 0 aliphatic heterocycles. The number of hydrogen-bond acceptors (Lipinski definition) is 12. The Kier molecular flexibility index (Phi) is 18.2. The molecular formula is C46H43Br4F3N12O6. The summed E-state index contributed by atoms with van der Waals surface area (Å²) in [6.07, 6.45) is 9.99. The topological polar surface area (TPSA) is 213 Å². The Morgan fingerprint density at radius 2 is 1.13 bits per heavy atom. The lowest BCUT2D eigenvalue weighted by atomic mass is 9.98. The van der Waals surface area contributed by atoms with E-state index in [1.807, 2.05) is 42.5 Å². The van der Waals surface area contributed by atoms with Gasteiger partial charge in [-0.05, 0) is 152 Å². The number of imidazole rings is 2. The van der Waals surface area contributed by atoms with E-state index >= 15 is 0 Å². The van der Waals surface area contributed by atoms with Crippen molar-refractivity contribution in [2.24, 2.45) is 14.1 Å². The lowest BCUT2D eigenvalue weighted by Gasteiger charge is -2.18. The summed E-state index contributed by atoms with van der Waals surface area (Å²) in [6, 6.07) is 11.2. The Balaban J connectivity index is 0.000000198. The maximum absolute atomic E-state index is 14.4. The molecule has 0 spiro atoms. The molecule has 0 radical (unpaired) electrons. The number of benzene rings is 2. The molecule has 1 N–H and O–H groups in total. The second-order valence-electron chi connectivity index (χ2n) is 15.6. The first-order valence-electron chi connectivity index (χ1n) is 21.3. The summed E-state index contributed by atoms with van der Waals surface area (Å²) in [5.41, 5.74) is 7.61. The van der Waals surface area contributed by atoms with Gasteiger partial charge in [0, 0.05) is 66.4 Å². The molecule has 0 bridgehead atoms. The first kappa shape index (κ1) is 54.2. The van der Waals surface area contributed by atoms with Crippen molar-refractivity contribution in [3.63, 3.8) is 0 Å². The van der Waals surface area contributed by atoms with E-state index in [9.17, 15) is 38.5 Å². The smallest absolute Gasteiger partial charge is 0.406 e. The summed E-state index contributed by atoms with van der Waals surface area (Å²) in [5, 5.41) is 40.7. The Morgan fingerprint density at radius 1 is 0.676 bits per heavy atom. The van der Waals surface area contributed by atoms with Crippen LogP contribution in [0.2, 0.25) is 0 Å². The maximum Gasteiger partial charge on any atom is 0.406 e. The van der Waals surface area contributed by atoms with Crippen molar-refractivity contribution < 1.29 is 32.9 Å². The fourth-order valence-corrected chi connectivity index (χ4v) is 9.07. The van der Waals surface area contributed by atoms with Crippen LogP contribution in [0.3, 0.4) is 0 Å². The highest BCUT2D eigenvalue weighted by molar-refractivity contribution is 9.11. The van der Waals surface area contributed by atoms with E-state index in [-0.39, 0.29) is 11.6 Å². The zero-order valence-electron chi connectivity index (χ0n) is 38.6. The molecule has 18 nitrogen and oxygen atoms in total. The highest BCUT2D eigenvalue weighted by Gasteiger charge is 2.25. The number of aliphatic hydroxyl groups excluding tert-OH is 1. The van der Waals surface area contributed by atoms with Gasteiger partial charge < -0.3 is 39.2 Å². The van der Waals surface area contributed by atoms with E-state index in [2.05, 4.69) is 101 Å². The van der Waals surface area contributed by atoms with Crippen LogP contribution >= 0.6 is 63.7 Å². The predicted molar refractivity (Wildman–Crippen MR) is 271 cm³/mol. The fourth-order valence-electron chi connectivity index (χ4n) is 7.25. The van der Waals surface area contributed by atoms with Crippen molar-refractivity contribution in [2.45, 2.75) is 65.8 Å². The van der Waals surface area contributed by atoms with E-state index in [1.54, 1.807) is 48.0 Å². The molecule has 8 rings (SSSR count). The van der Waals surface area contributed by atoms with Crippen LogP contribution in [0.25, 0.3) is 22.5 Å². The summed E-state index contributed by atoms with van der Waals surface area (Å²) in [5.74, 6) is -2.97. The molecule has 0 saturated carbocycles. The van der Waals surface area contributed by atoms with E-state index < -0.39 is 45.3 Å². The quantitative estimate of drug-likeness (QED) is 0.0795. The molecule has 372 valence electrons. The Hall–Kier alpha value is -6.15. The molecule has 71 heavy (non-hydrogen) atoms. The highest BCUT2D eigenvalue weighted by atomic mass is 79.9. The molecule has 0 amide bonds.